The maximum absolute atomic E-state index is 12.2. The van der Waals surface area contributed by atoms with Crippen molar-refractivity contribution in [2.75, 3.05) is 13.2 Å². The SMILES string of the molecule is C[C@@H](C=Cc1cnc(Oc2ccc(OCC3CC3)cc2Cl)s1)NC(=O)CCCCNC(=O)OC(C)(C)C. The lowest BCUT2D eigenvalue weighted by molar-refractivity contribution is -0.121. The van der Waals surface area contributed by atoms with Crippen molar-refractivity contribution in [1.82, 2.24) is 15.6 Å². The van der Waals surface area contributed by atoms with Crippen LogP contribution >= 0.6 is 22.9 Å². The van der Waals surface area contributed by atoms with Crippen LogP contribution in [0.5, 0.6) is 16.7 Å². The Balaban J connectivity index is 1.34. The van der Waals surface area contributed by atoms with Gasteiger partial charge in [0, 0.05) is 31.3 Å². The van der Waals surface area contributed by atoms with Crippen molar-refractivity contribution >= 4 is 41.0 Å². The predicted molar refractivity (Wildman–Crippen MR) is 147 cm³/mol. The highest BCUT2D eigenvalue weighted by molar-refractivity contribution is 7.14. The van der Waals surface area contributed by atoms with Gasteiger partial charge in [-0.1, -0.05) is 29.0 Å². The maximum Gasteiger partial charge on any atom is 0.407 e. The highest BCUT2D eigenvalue weighted by atomic mass is 35.5. The maximum atomic E-state index is 12.2. The van der Waals surface area contributed by atoms with Crippen LogP contribution in [0.25, 0.3) is 6.08 Å². The Morgan fingerprint density at radius 2 is 2.05 bits per heavy atom. The minimum Gasteiger partial charge on any atom is -0.493 e. The molecule has 1 heterocycles. The fourth-order valence-electron chi connectivity index (χ4n) is 3.17. The van der Waals surface area contributed by atoms with Crippen LogP contribution in [0.2, 0.25) is 5.02 Å². The summed E-state index contributed by atoms with van der Waals surface area (Å²) in [6.45, 7) is 8.55. The minimum absolute atomic E-state index is 0.0399. The van der Waals surface area contributed by atoms with E-state index in [1.807, 2.05) is 45.9 Å². The summed E-state index contributed by atoms with van der Waals surface area (Å²) < 4.78 is 16.8. The molecule has 1 aliphatic carbocycles. The summed E-state index contributed by atoms with van der Waals surface area (Å²) >= 11 is 7.73. The van der Waals surface area contributed by atoms with E-state index in [1.165, 1.54) is 24.2 Å². The van der Waals surface area contributed by atoms with Gasteiger partial charge in [-0.2, -0.15) is 0 Å². The molecule has 1 aromatic carbocycles. The predicted octanol–water partition coefficient (Wildman–Crippen LogP) is 6.59. The highest BCUT2D eigenvalue weighted by Crippen LogP contribution is 2.35. The molecule has 1 saturated carbocycles. The summed E-state index contributed by atoms with van der Waals surface area (Å²) in [7, 11) is 0. The number of halogens is 1. The number of amides is 2. The van der Waals surface area contributed by atoms with Crippen molar-refractivity contribution in [3.8, 4) is 16.7 Å². The molecule has 0 saturated heterocycles. The minimum atomic E-state index is -0.522. The average Bonchev–Trinajstić information content (AvgIpc) is 3.53. The van der Waals surface area contributed by atoms with Crippen LogP contribution in [0, 0.1) is 5.92 Å². The van der Waals surface area contributed by atoms with Gasteiger partial charge in [0.1, 0.15) is 17.1 Å². The molecular weight excluding hydrogens is 514 g/mol. The molecule has 0 unspecified atom stereocenters. The van der Waals surface area contributed by atoms with Crippen molar-refractivity contribution in [1.29, 1.82) is 0 Å². The molecule has 1 aromatic heterocycles. The Bertz CT molecular complexity index is 1080. The van der Waals surface area contributed by atoms with Crippen LogP contribution in [0.3, 0.4) is 0 Å². The van der Waals surface area contributed by atoms with Crippen LogP contribution in [0.1, 0.15) is 64.7 Å². The zero-order valence-electron chi connectivity index (χ0n) is 21.8. The molecule has 2 aromatic rings. The van der Waals surface area contributed by atoms with Crippen LogP contribution in [0.4, 0.5) is 4.79 Å². The van der Waals surface area contributed by atoms with Crippen LogP contribution in [-0.4, -0.2) is 41.8 Å². The van der Waals surface area contributed by atoms with Gasteiger partial charge in [0.05, 0.1) is 16.5 Å². The van der Waals surface area contributed by atoms with Crippen LogP contribution in [-0.2, 0) is 9.53 Å². The third-order valence-electron chi connectivity index (χ3n) is 5.22. The first-order valence-corrected chi connectivity index (χ1v) is 13.8. The van der Waals surface area contributed by atoms with Gasteiger partial charge in [-0.3, -0.25) is 4.79 Å². The smallest absolute Gasteiger partial charge is 0.407 e. The van der Waals surface area contributed by atoms with Gasteiger partial charge in [0.25, 0.3) is 5.19 Å². The average molecular weight is 550 g/mol. The van der Waals surface area contributed by atoms with E-state index in [0.717, 1.165) is 17.2 Å². The Kier molecular flexibility index (Phi) is 10.6. The molecule has 3 rings (SSSR count). The molecule has 2 N–H and O–H groups in total. The van der Waals surface area contributed by atoms with Crippen molar-refractivity contribution in [2.24, 2.45) is 5.92 Å². The summed E-state index contributed by atoms with van der Waals surface area (Å²) in [4.78, 5) is 29.0. The quantitative estimate of drug-likeness (QED) is 0.273. The van der Waals surface area contributed by atoms with Crippen molar-refractivity contribution in [3.05, 3.63) is 40.4 Å². The number of alkyl carbamates (subject to hydrolysis) is 1. The molecule has 0 bridgehead atoms. The molecular formula is C27H36ClN3O5S. The number of thiazole rings is 1. The standard InChI is InChI=1S/C27H36ClN3O5S/c1-18(31-24(32)7-5-6-14-29-25(33)36-27(2,3)4)8-12-21-16-30-26(37-21)35-23-13-11-20(15-22(23)28)34-17-19-9-10-19/h8,11-13,15-16,18-19H,5-7,9-10,14,17H2,1-4H3,(H,29,33)(H,31,32)/t18-/m0/s1. The molecule has 202 valence electrons. The van der Waals surface area contributed by atoms with E-state index >= 15 is 0 Å². The van der Waals surface area contributed by atoms with E-state index in [-0.39, 0.29) is 11.9 Å². The van der Waals surface area contributed by atoms with E-state index in [2.05, 4.69) is 15.6 Å². The molecule has 1 fully saturated rings. The number of ether oxygens (including phenoxy) is 3. The first kappa shape index (κ1) is 28.8. The van der Waals surface area contributed by atoms with Gasteiger partial charge < -0.3 is 24.8 Å². The van der Waals surface area contributed by atoms with Gasteiger partial charge >= 0.3 is 6.09 Å². The number of aromatic nitrogens is 1. The number of unbranched alkanes of at least 4 members (excludes halogenated alkanes) is 1. The number of nitrogens with zero attached hydrogens (tertiary/aromatic N) is 1. The number of rotatable bonds is 13. The Hall–Kier alpha value is -2.78. The lowest BCUT2D eigenvalue weighted by Crippen LogP contribution is -2.33. The van der Waals surface area contributed by atoms with E-state index in [9.17, 15) is 9.59 Å². The molecule has 10 heteroatoms. The summed E-state index contributed by atoms with van der Waals surface area (Å²) in [5.74, 6) is 1.89. The zero-order chi connectivity index (χ0) is 26.8. The third-order valence-corrected chi connectivity index (χ3v) is 6.36. The fraction of sp³-hybridized carbons (Fsp3) is 0.519. The molecule has 0 spiro atoms. The van der Waals surface area contributed by atoms with Crippen molar-refractivity contribution in [3.63, 3.8) is 0 Å². The van der Waals surface area contributed by atoms with E-state index in [4.69, 9.17) is 25.8 Å². The van der Waals surface area contributed by atoms with Crippen LogP contribution < -0.4 is 20.1 Å². The van der Waals surface area contributed by atoms with Crippen LogP contribution in [0.15, 0.2) is 30.5 Å². The van der Waals surface area contributed by atoms with Crippen molar-refractivity contribution < 1.29 is 23.8 Å². The van der Waals surface area contributed by atoms with Gasteiger partial charge in [0.2, 0.25) is 5.91 Å². The van der Waals surface area contributed by atoms with Gasteiger partial charge in [-0.15, -0.1) is 0 Å². The molecule has 8 nitrogen and oxygen atoms in total. The number of carbonyl (C=O) groups is 2. The number of benzene rings is 1. The number of carbonyl (C=O) groups excluding carboxylic acids is 2. The van der Waals surface area contributed by atoms with Gasteiger partial charge in [-0.25, -0.2) is 9.78 Å². The zero-order valence-corrected chi connectivity index (χ0v) is 23.4. The summed E-state index contributed by atoms with van der Waals surface area (Å²) in [5, 5.41) is 6.59. The Morgan fingerprint density at radius 3 is 2.76 bits per heavy atom. The lowest BCUT2D eigenvalue weighted by atomic mass is 10.2. The third kappa shape index (κ3) is 11.4. The lowest BCUT2D eigenvalue weighted by Gasteiger charge is -2.19. The summed E-state index contributed by atoms with van der Waals surface area (Å²) in [6.07, 6.45) is 9.29. The second-order valence-electron chi connectivity index (χ2n) is 10.1. The van der Waals surface area contributed by atoms with E-state index < -0.39 is 11.7 Å². The molecule has 1 atom stereocenters. The first-order valence-electron chi connectivity index (χ1n) is 12.6. The summed E-state index contributed by atoms with van der Waals surface area (Å²) in [6, 6.07) is 5.25. The van der Waals surface area contributed by atoms with Gasteiger partial charge in [0.15, 0.2) is 0 Å². The number of hydrogen-bond acceptors (Lipinski definition) is 7. The van der Waals surface area contributed by atoms with Crippen molar-refractivity contribution in [2.45, 2.75) is 71.4 Å². The Morgan fingerprint density at radius 1 is 1.27 bits per heavy atom. The largest absolute Gasteiger partial charge is 0.493 e. The second-order valence-corrected chi connectivity index (χ2v) is 11.5. The molecule has 2 amide bonds. The Labute approximate surface area is 227 Å². The van der Waals surface area contributed by atoms with E-state index in [1.54, 1.807) is 18.3 Å². The molecule has 0 aliphatic heterocycles. The molecule has 0 radical (unpaired) electrons. The highest BCUT2D eigenvalue weighted by Gasteiger charge is 2.22. The summed E-state index contributed by atoms with van der Waals surface area (Å²) in [5.41, 5.74) is -0.522. The topological polar surface area (TPSA) is 98.8 Å². The second kappa shape index (κ2) is 13.7. The fourth-order valence-corrected chi connectivity index (χ4v) is 4.07. The first-order chi connectivity index (χ1) is 17.6. The number of nitrogens with one attached hydrogen (secondary N) is 2. The monoisotopic (exact) mass is 549 g/mol. The molecule has 1 aliphatic rings. The van der Waals surface area contributed by atoms with E-state index in [0.29, 0.717) is 47.7 Å². The molecule has 37 heavy (non-hydrogen) atoms. The normalized spacial score (nSPS) is 14.3. The number of hydrogen-bond donors (Lipinski definition) is 2. The van der Waals surface area contributed by atoms with Gasteiger partial charge in [-0.05, 0) is 77.5 Å².